The van der Waals surface area contributed by atoms with Crippen LogP contribution in [-0.4, -0.2) is 31.0 Å². The summed E-state index contributed by atoms with van der Waals surface area (Å²) in [5.74, 6) is -1.72. The molecule has 0 spiro atoms. The fourth-order valence-electron chi connectivity index (χ4n) is 3.99. The van der Waals surface area contributed by atoms with Crippen LogP contribution in [0.25, 0.3) is 0 Å². The monoisotopic (exact) mass is 478 g/mol. The molecule has 174 valence electrons. The van der Waals surface area contributed by atoms with Crippen molar-refractivity contribution in [3.05, 3.63) is 58.1 Å². The fraction of sp³-hybridized carbons (Fsp3) is 0.348. The Kier molecular flexibility index (Phi) is 6.78. The molecule has 1 fully saturated rings. The Labute approximate surface area is 193 Å². The number of ketones is 1. The van der Waals surface area contributed by atoms with Crippen molar-refractivity contribution in [3.63, 3.8) is 0 Å². The first-order valence-electron chi connectivity index (χ1n) is 10.5. The van der Waals surface area contributed by atoms with Crippen molar-refractivity contribution in [3.8, 4) is 5.75 Å². The highest BCUT2D eigenvalue weighted by molar-refractivity contribution is 6.31. The molecule has 0 unspecified atom stereocenters. The summed E-state index contributed by atoms with van der Waals surface area (Å²) in [5.41, 5.74) is 0.346. The first-order valence-corrected chi connectivity index (χ1v) is 10.9. The van der Waals surface area contributed by atoms with Gasteiger partial charge in [-0.25, -0.2) is 13.6 Å². The third kappa shape index (κ3) is 5.24. The summed E-state index contributed by atoms with van der Waals surface area (Å²) in [5, 5.41) is 5.04. The number of halogens is 3. The van der Waals surface area contributed by atoms with Crippen molar-refractivity contribution in [2.24, 2.45) is 5.92 Å². The summed E-state index contributed by atoms with van der Waals surface area (Å²) in [4.78, 5) is 36.5. The largest absolute Gasteiger partial charge is 0.492 e. The lowest BCUT2D eigenvalue weighted by molar-refractivity contribution is -0.117. The maximum Gasteiger partial charge on any atom is 0.407 e. The van der Waals surface area contributed by atoms with Gasteiger partial charge in [0.2, 0.25) is 0 Å². The fourth-order valence-corrected chi connectivity index (χ4v) is 4.17. The molecular formula is C23H21ClF2N2O5. The summed E-state index contributed by atoms with van der Waals surface area (Å²) in [7, 11) is 0. The van der Waals surface area contributed by atoms with Crippen LogP contribution >= 0.6 is 11.6 Å². The van der Waals surface area contributed by atoms with Crippen molar-refractivity contribution in [2.75, 3.05) is 18.5 Å². The quantitative estimate of drug-likeness (QED) is 0.644. The molecule has 0 bridgehead atoms. The van der Waals surface area contributed by atoms with Crippen molar-refractivity contribution < 1.29 is 32.6 Å². The van der Waals surface area contributed by atoms with Crippen LogP contribution in [0.2, 0.25) is 5.02 Å². The number of anilines is 1. The topological polar surface area (TPSA) is 93.7 Å². The molecule has 2 aromatic rings. The zero-order valence-corrected chi connectivity index (χ0v) is 18.2. The number of rotatable bonds is 5. The van der Waals surface area contributed by atoms with Gasteiger partial charge in [-0.3, -0.25) is 9.59 Å². The third-order valence-corrected chi connectivity index (χ3v) is 5.95. The van der Waals surface area contributed by atoms with Gasteiger partial charge in [-0.2, -0.15) is 0 Å². The van der Waals surface area contributed by atoms with E-state index >= 15 is 0 Å². The molecule has 2 atom stereocenters. The number of fused-ring (bicyclic) bond motifs is 1. The minimum atomic E-state index is -0.764. The van der Waals surface area contributed by atoms with Crippen LogP contribution in [0.4, 0.5) is 19.3 Å². The molecule has 0 saturated heterocycles. The molecule has 10 heteroatoms. The SMILES string of the molecule is O=C1CC[C@H](COC(=O)N[C@H]2CCOc3c(C(=O)Nc4ccc(F)c(Cl)c4)ccc(F)c32)C1. The Balaban J connectivity index is 1.48. The zero-order chi connectivity index (χ0) is 23.5. The second-order valence-electron chi connectivity index (χ2n) is 8.00. The molecule has 1 aliphatic heterocycles. The summed E-state index contributed by atoms with van der Waals surface area (Å²) in [6.07, 6.45) is 1.10. The van der Waals surface area contributed by atoms with Crippen LogP contribution < -0.4 is 15.4 Å². The molecule has 1 aliphatic carbocycles. The van der Waals surface area contributed by atoms with Crippen molar-refractivity contribution in [1.82, 2.24) is 5.32 Å². The summed E-state index contributed by atoms with van der Waals surface area (Å²) in [6, 6.07) is 5.33. The van der Waals surface area contributed by atoms with E-state index in [9.17, 15) is 23.2 Å². The molecule has 0 aromatic heterocycles. The van der Waals surface area contributed by atoms with Gasteiger partial charge in [0.05, 0.1) is 35.4 Å². The molecule has 7 nitrogen and oxygen atoms in total. The highest BCUT2D eigenvalue weighted by Crippen LogP contribution is 2.37. The number of amides is 2. The average molecular weight is 479 g/mol. The van der Waals surface area contributed by atoms with E-state index in [4.69, 9.17) is 21.1 Å². The van der Waals surface area contributed by atoms with Crippen molar-refractivity contribution in [2.45, 2.75) is 31.7 Å². The van der Waals surface area contributed by atoms with Crippen LogP contribution in [0, 0.1) is 17.6 Å². The highest BCUT2D eigenvalue weighted by Gasteiger charge is 2.31. The molecule has 2 N–H and O–H groups in total. The highest BCUT2D eigenvalue weighted by atomic mass is 35.5. The lowest BCUT2D eigenvalue weighted by Gasteiger charge is -2.28. The molecular weight excluding hydrogens is 458 g/mol. The predicted octanol–water partition coefficient (Wildman–Crippen LogP) is 4.79. The molecule has 33 heavy (non-hydrogen) atoms. The van der Waals surface area contributed by atoms with Gasteiger partial charge in [0.1, 0.15) is 23.2 Å². The maximum atomic E-state index is 14.7. The number of alkyl carbamates (subject to hydrolysis) is 1. The van der Waals surface area contributed by atoms with E-state index in [2.05, 4.69) is 10.6 Å². The van der Waals surface area contributed by atoms with Crippen molar-refractivity contribution in [1.29, 1.82) is 0 Å². The summed E-state index contributed by atoms with van der Waals surface area (Å²) >= 11 is 5.75. The molecule has 1 saturated carbocycles. The number of hydrogen-bond donors (Lipinski definition) is 2. The molecule has 2 amide bonds. The first kappa shape index (κ1) is 23.0. The Morgan fingerprint density at radius 2 is 1.94 bits per heavy atom. The van der Waals surface area contributed by atoms with E-state index in [1.54, 1.807) is 0 Å². The average Bonchev–Trinajstić information content (AvgIpc) is 3.20. The van der Waals surface area contributed by atoms with E-state index in [0.717, 1.165) is 12.1 Å². The van der Waals surface area contributed by atoms with Gasteiger partial charge in [-0.05, 0) is 36.8 Å². The molecule has 2 aromatic carbocycles. The standard InChI is InChI=1S/C23H21ClF2N2O5/c24-16-10-13(2-5-17(16)25)27-22(30)15-4-6-18(26)20-19(7-8-32-21(15)20)28-23(31)33-11-12-1-3-14(29)9-12/h2,4-6,10,12,19H,1,3,7-9,11H2,(H,27,30)(H,28,31)/t12-,19-/m0/s1. The summed E-state index contributed by atoms with van der Waals surface area (Å²) < 4.78 is 38.9. The number of ether oxygens (including phenoxy) is 2. The van der Waals surface area contributed by atoms with Crippen molar-refractivity contribution >= 4 is 35.1 Å². The molecule has 1 heterocycles. The smallest absolute Gasteiger partial charge is 0.407 e. The third-order valence-electron chi connectivity index (χ3n) is 5.66. The van der Waals surface area contributed by atoms with Gasteiger partial charge >= 0.3 is 6.09 Å². The van der Waals surface area contributed by atoms with E-state index in [-0.39, 0.29) is 58.9 Å². The Bertz CT molecular complexity index is 1110. The van der Waals surface area contributed by atoms with Gasteiger partial charge in [0, 0.05) is 30.9 Å². The van der Waals surface area contributed by atoms with E-state index in [1.165, 1.54) is 18.2 Å². The Hall–Kier alpha value is -3.20. The number of hydrogen-bond acceptors (Lipinski definition) is 5. The number of carbonyl (C=O) groups is 3. The normalized spacial score (nSPS) is 19.4. The van der Waals surface area contributed by atoms with E-state index in [0.29, 0.717) is 19.3 Å². The van der Waals surface area contributed by atoms with Gasteiger partial charge in [0.25, 0.3) is 5.91 Å². The Morgan fingerprint density at radius 3 is 2.67 bits per heavy atom. The predicted molar refractivity (Wildman–Crippen MR) is 115 cm³/mol. The summed E-state index contributed by atoms with van der Waals surface area (Å²) in [6.45, 7) is 0.250. The maximum absolute atomic E-state index is 14.7. The lowest BCUT2D eigenvalue weighted by Crippen LogP contribution is -2.34. The molecule has 2 aliphatic rings. The van der Waals surface area contributed by atoms with Gasteiger partial charge < -0.3 is 20.1 Å². The van der Waals surface area contributed by atoms with Gasteiger partial charge in [0.15, 0.2) is 0 Å². The lowest BCUT2D eigenvalue weighted by atomic mass is 9.96. The van der Waals surface area contributed by atoms with Crippen LogP contribution in [0.3, 0.4) is 0 Å². The van der Waals surface area contributed by atoms with E-state index < -0.39 is 29.7 Å². The van der Waals surface area contributed by atoms with E-state index in [1.807, 2.05) is 0 Å². The minimum absolute atomic E-state index is 0.00257. The number of benzene rings is 2. The first-order chi connectivity index (χ1) is 15.8. The van der Waals surface area contributed by atoms with Crippen LogP contribution in [0.15, 0.2) is 30.3 Å². The number of Topliss-reactive ketones (excluding diaryl/α,β-unsaturated/α-hetero) is 1. The molecule has 4 rings (SSSR count). The van der Waals surface area contributed by atoms with Crippen LogP contribution in [-0.2, 0) is 9.53 Å². The molecule has 0 radical (unpaired) electrons. The second-order valence-corrected chi connectivity index (χ2v) is 8.41. The Morgan fingerprint density at radius 1 is 1.15 bits per heavy atom. The zero-order valence-electron chi connectivity index (χ0n) is 17.5. The van der Waals surface area contributed by atoms with Crippen LogP contribution in [0.1, 0.15) is 47.6 Å². The van der Waals surface area contributed by atoms with Gasteiger partial charge in [-0.1, -0.05) is 11.6 Å². The second kappa shape index (κ2) is 9.74. The van der Waals surface area contributed by atoms with Gasteiger partial charge in [-0.15, -0.1) is 0 Å². The minimum Gasteiger partial charge on any atom is -0.492 e. The number of nitrogens with one attached hydrogen (secondary N) is 2. The number of carbonyl (C=O) groups excluding carboxylic acids is 3. The van der Waals surface area contributed by atoms with Crippen LogP contribution in [0.5, 0.6) is 5.75 Å².